The molecule has 0 aliphatic heterocycles. The lowest BCUT2D eigenvalue weighted by Gasteiger charge is -2.16. The number of hydrogen-bond donors (Lipinski definition) is 2. The van der Waals surface area contributed by atoms with Gasteiger partial charge >= 0.3 is 5.97 Å². The van der Waals surface area contributed by atoms with E-state index in [9.17, 15) is 4.79 Å². The molecule has 1 aromatic carbocycles. The van der Waals surface area contributed by atoms with Gasteiger partial charge in [-0.2, -0.15) is 0 Å². The second-order valence-corrected chi connectivity index (χ2v) is 3.88. The lowest BCUT2D eigenvalue weighted by molar-refractivity contribution is -0.139. The van der Waals surface area contributed by atoms with E-state index < -0.39 is 0 Å². The van der Waals surface area contributed by atoms with Gasteiger partial charge in [-0.15, -0.1) is 0 Å². The van der Waals surface area contributed by atoms with Crippen molar-refractivity contribution in [2.24, 2.45) is 0 Å². The third-order valence-corrected chi connectivity index (χ3v) is 2.62. The quantitative estimate of drug-likeness (QED) is 0.680. The highest BCUT2D eigenvalue weighted by Gasteiger charge is 2.07. The molecular formula is C13H20N2O2. The topological polar surface area (TPSA) is 50.4 Å². The van der Waals surface area contributed by atoms with Gasteiger partial charge in [0.2, 0.25) is 0 Å². The van der Waals surface area contributed by atoms with E-state index in [0.29, 0.717) is 6.04 Å². The summed E-state index contributed by atoms with van der Waals surface area (Å²) in [4.78, 5) is 10.9. The van der Waals surface area contributed by atoms with Gasteiger partial charge in [0.25, 0.3) is 0 Å². The monoisotopic (exact) mass is 236 g/mol. The number of hydrogen-bond acceptors (Lipinski definition) is 4. The molecule has 0 radical (unpaired) electrons. The first-order valence-corrected chi connectivity index (χ1v) is 5.75. The summed E-state index contributed by atoms with van der Waals surface area (Å²) >= 11 is 0. The molecule has 0 unspecified atom stereocenters. The Hall–Kier alpha value is -1.39. The number of ether oxygens (including phenoxy) is 1. The summed E-state index contributed by atoms with van der Waals surface area (Å²) in [6.07, 6.45) is 0.936. The van der Waals surface area contributed by atoms with Crippen LogP contribution in [-0.4, -0.2) is 39.3 Å². The molecule has 94 valence electrons. The van der Waals surface area contributed by atoms with Crippen molar-refractivity contribution in [3.63, 3.8) is 0 Å². The summed E-state index contributed by atoms with van der Waals surface area (Å²) in [6, 6.07) is 10.6. The van der Waals surface area contributed by atoms with Crippen molar-refractivity contribution in [2.45, 2.75) is 12.5 Å². The van der Waals surface area contributed by atoms with Gasteiger partial charge in [0.15, 0.2) is 0 Å². The van der Waals surface area contributed by atoms with Gasteiger partial charge in [-0.25, -0.2) is 0 Å². The summed E-state index contributed by atoms with van der Waals surface area (Å²) < 4.78 is 4.56. The molecule has 4 nitrogen and oxygen atoms in total. The second kappa shape index (κ2) is 7.81. The van der Waals surface area contributed by atoms with Gasteiger partial charge in [-0.1, -0.05) is 30.3 Å². The smallest absolute Gasteiger partial charge is 0.319 e. The fourth-order valence-corrected chi connectivity index (χ4v) is 1.60. The van der Waals surface area contributed by atoms with Crippen LogP contribution >= 0.6 is 0 Å². The maximum atomic E-state index is 10.9. The van der Waals surface area contributed by atoms with E-state index in [1.807, 2.05) is 25.2 Å². The number of carbonyl (C=O) groups excluding carboxylic acids is 1. The van der Waals surface area contributed by atoms with Crippen LogP contribution < -0.4 is 10.6 Å². The largest absolute Gasteiger partial charge is 0.468 e. The minimum atomic E-state index is -0.237. The van der Waals surface area contributed by atoms with Crippen LogP contribution in [0.1, 0.15) is 5.56 Å². The zero-order chi connectivity index (χ0) is 12.5. The highest BCUT2D eigenvalue weighted by molar-refractivity contribution is 5.71. The summed E-state index contributed by atoms with van der Waals surface area (Å²) in [5.74, 6) is -0.237. The van der Waals surface area contributed by atoms with Crippen LogP contribution in [0.2, 0.25) is 0 Å². The molecule has 2 N–H and O–H groups in total. The summed E-state index contributed by atoms with van der Waals surface area (Å²) in [5, 5.41) is 6.30. The van der Waals surface area contributed by atoms with Crippen molar-refractivity contribution in [3.05, 3.63) is 35.9 Å². The molecule has 0 saturated heterocycles. The van der Waals surface area contributed by atoms with Crippen LogP contribution in [0.25, 0.3) is 0 Å². The molecule has 0 saturated carbocycles. The van der Waals surface area contributed by atoms with Crippen LogP contribution in [-0.2, 0) is 16.0 Å². The molecule has 0 bridgehead atoms. The number of carbonyl (C=O) groups is 1. The minimum absolute atomic E-state index is 0.237. The van der Waals surface area contributed by atoms with Crippen molar-refractivity contribution in [3.8, 4) is 0 Å². The van der Waals surface area contributed by atoms with Crippen LogP contribution in [0, 0.1) is 0 Å². The highest BCUT2D eigenvalue weighted by Crippen LogP contribution is 2.02. The average Bonchev–Trinajstić information content (AvgIpc) is 2.38. The van der Waals surface area contributed by atoms with Crippen molar-refractivity contribution in [1.82, 2.24) is 10.6 Å². The highest BCUT2D eigenvalue weighted by atomic mass is 16.5. The molecule has 1 rings (SSSR count). The fraction of sp³-hybridized carbons (Fsp3) is 0.462. The Bertz CT molecular complexity index is 327. The van der Waals surface area contributed by atoms with Crippen LogP contribution in [0.5, 0.6) is 0 Å². The molecule has 4 heteroatoms. The second-order valence-electron chi connectivity index (χ2n) is 3.88. The number of esters is 1. The SMILES string of the molecule is CN[C@H](CNCC(=O)OC)Cc1ccccc1. The van der Waals surface area contributed by atoms with E-state index in [2.05, 4.69) is 27.5 Å². The molecule has 0 aromatic heterocycles. The van der Waals surface area contributed by atoms with Gasteiger partial charge in [0, 0.05) is 12.6 Å². The zero-order valence-corrected chi connectivity index (χ0v) is 10.4. The average molecular weight is 236 g/mol. The van der Waals surface area contributed by atoms with E-state index in [1.165, 1.54) is 12.7 Å². The molecule has 17 heavy (non-hydrogen) atoms. The number of benzene rings is 1. The zero-order valence-electron chi connectivity index (χ0n) is 10.4. The fourth-order valence-electron chi connectivity index (χ4n) is 1.60. The Morgan fingerprint density at radius 1 is 1.35 bits per heavy atom. The van der Waals surface area contributed by atoms with Crippen molar-refractivity contribution in [1.29, 1.82) is 0 Å². The third-order valence-electron chi connectivity index (χ3n) is 2.62. The molecule has 0 fully saturated rings. The van der Waals surface area contributed by atoms with Gasteiger partial charge in [-0.3, -0.25) is 4.79 Å². The molecule has 0 spiro atoms. The van der Waals surface area contributed by atoms with E-state index in [-0.39, 0.29) is 12.5 Å². The number of rotatable bonds is 7. The van der Waals surface area contributed by atoms with Crippen LogP contribution in [0.15, 0.2) is 30.3 Å². The molecule has 1 aromatic rings. The maximum absolute atomic E-state index is 10.9. The van der Waals surface area contributed by atoms with Crippen molar-refractivity contribution < 1.29 is 9.53 Å². The Kier molecular flexibility index (Phi) is 6.29. The molecule has 0 amide bonds. The van der Waals surface area contributed by atoms with Crippen LogP contribution in [0.3, 0.4) is 0 Å². The Morgan fingerprint density at radius 2 is 2.06 bits per heavy atom. The molecule has 0 heterocycles. The van der Waals surface area contributed by atoms with Crippen LogP contribution in [0.4, 0.5) is 0 Å². The standard InChI is InChI=1S/C13H20N2O2/c1-14-12(9-15-10-13(16)17-2)8-11-6-4-3-5-7-11/h3-7,12,14-15H,8-10H2,1-2H3/t12-/m0/s1. The molecule has 0 aliphatic rings. The van der Waals surface area contributed by atoms with E-state index in [4.69, 9.17) is 0 Å². The Balaban J connectivity index is 2.31. The minimum Gasteiger partial charge on any atom is -0.468 e. The summed E-state index contributed by atoms with van der Waals surface area (Å²) in [5.41, 5.74) is 1.28. The summed E-state index contributed by atoms with van der Waals surface area (Å²) in [7, 11) is 3.32. The van der Waals surface area contributed by atoms with Crippen molar-refractivity contribution in [2.75, 3.05) is 27.2 Å². The van der Waals surface area contributed by atoms with Gasteiger partial charge in [-0.05, 0) is 19.0 Å². The number of likely N-dealkylation sites (N-methyl/N-ethyl adjacent to an activating group) is 1. The molecule has 1 atom stereocenters. The Labute approximate surface area is 102 Å². The Morgan fingerprint density at radius 3 is 2.65 bits per heavy atom. The lowest BCUT2D eigenvalue weighted by atomic mass is 10.1. The predicted molar refractivity (Wildman–Crippen MR) is 67.9 cm³/mol. The van der Waals surface area contributed by atoms with E-state index >= 15 is 0 Å². The third kappa shape index (κ3) is 5.47. The van der Waals surface area contributed by atoms with E-state index in [0.717, 1.165) is 13.0 Å². The van der Waals surface area contributed by atoms with Gasteiger partial charge < -0.3 is 15.4 Å². The van der Waals surface area contributed by atoms with E-state index in [1.54, 1.807) is 0 Å². The number of methoxy groups -OCH3 is 1. The lowest BCUT2D eigenvalue weighted by Crippen LogP contribution is -2.40. The molecule has 0 aliphatic carbocycles. The first kappa shape index (κ1) is 13.7. The molecular weight excluding hydrogens is 216 g/mol. The van der Waals surface area contributed by atoms with Gasteiger partial charge in [0.05, 0.1) is 13.7 Å². The number of nitrogens with one attached hydrogen (secondary N) is 2. The van der Waals surface area contributed by atoms with Gasteiger partial charge in [0.1, 0.15) is 0 Å². The first-order chi connectivity index (χ1) is 8.26. The van der Waals surface area contributed by atoms with Crippen molar-refractivity contribution >= 4 is 5.97 Å². The maximum Gasteiger partial charge on any atom is 0.319 e. The predicted octanol–water partition coefficient (Wildman–Crippen LogP) is 0.580. The summed E-state index contributed by atoms with van der Waals surface area (Å²) in [6.45, 7) is 0.990. The normalized spacial score (nSPS) is 12.1. The first-order valence-electron chi connectivity index (χ1n) is 5.75.